The first-order valence-electron chi connectivity index (χ1n) is 9.72. The van der Waals surface area contributed by atoms with E-state index in [2.05, 4.69) is 10.9 Å². The fraction of sp³-hybridized carbons (Fsp3) is 0.333. The van der Waals surface area contributed by atoms with Gasteiger partial charge in [-0.1, -0.05) is 32.9 Å². The van der Waals surface area contributed by atoms with Gasteiger partial charge < -0.3 is 4.74 Å². The minimum absolute atomic E-state index is 0.106. The number of hydrogen-bond donors (Lipinski definition) is 2. The van der Waals surface area contributed by atoms with Gasteiger partial charge in [0.05, 0.1) is 4.90 Å². The third-order valence-electron chi connectivity index (χ3n) is 4.48. The van der Waals surface area contributed by atoms with Gasteiger partial charge in [-0.05, 0) is 48.4 Å². The van der Waals surface area contributed by atoms with E-state index < -0.39 is 21.8 Å². The van der Waals surface area contributed by atoms with Crippen LogP contribution in [-0.2, 0) is 21.2 Å². The second-order valence-electron chi connectivity index (χ2n) is 6.40. The maximum Gasteiger partial charge on any atom is 0.276 e. The van der Waals surface area contributed by atoms with Crippen molar-refractivity contribution in [1.82, 2.24) is 15.2 Å². The van der Waals surface area contributed by atoms with Gasteiger partial charge in [0.15, 0.2) is 6.61 Å². The minimum atomic E-state index is -3.59. The maximum absolute atomic E-state index is 12.5. The molecule has 2 aromatic rings. The highest BCUT2D eigenvalue weighted by Crippen LogP contribution is 2.16. The van der Waals surface area contributed by atoms with Crippen molar-refractivity contribution in [3.8, 4) is 5.75 Å². The quantitative estimate of drug-likeness (QED) is 0.590. The summed E-state index contributed by atoms with van der Waals surface area (Å²) in [5, 5.41) is 0. The summed E-state index contributed by atoms with van der Waals surface area (Å²) in [6.07, 6.45) is 0.912. The van der Waals surface area contributed by atoms with Crippen molar-refractivity contribution >= 4 is 21.8 Å². The Morgan fingerprint density at radius 3 is 2.03 bits per heavy atom. The van der Waals surface area contributed by atoms with Crippen molar-refractivity contribution < 1.29 is 22.7 Å². The van der Waals surface area contributed by atoms with Gasteiger partial charge in [-0.25, -0.2) is 8.42 Å². The lowest BCUT2D eigenvalue weighted by atomic mass is 10.2. The molecule has 0 aliphatic carbocycles. The predicted molar refractivity (Wildman–Crippen MR) is 113 cm³/mol. The number of aryl methyl sites for hydroxylation is 1. The summed E-state index contributed by atoms with van der Waals surface area (Å²) in [4.78, 5) is 24.1. The molecule has 0 atom stereocenters. The average molecular weight is 434 g/mol. The highest BCUT2D eigenvalue weighted by molar-refractivity contribution is 7.89. The number of carbonyl (C=O) groups is 2. The summed E-state index contributed by atoms with van der Waals surface area (Å²) in [6, 6.07) is 12.9. The number of nitrogens with zero attached hydrogens (tertiary/aromatic N) is 1. The van der Waals surface area contributed by atoms with Crippen LogP contribution in [0.3, 0.4) is 0 Å². The first-order chi connectivity index (χ1) is 14.3. The van der Waals surface area contributed by atoms with Crippen LogP contribution in [0, 0.1) is 0 Å². The molecule has 0 spiro atoms. The van der Waals surface area contributed by atoms with Gasteiger partial charge in [-0.15, -0.1) is 0 Å². The number of ether oxygens (including phenoxy) is 1. The van der Waals surface area contributed by atoms with Crippen molar-refractivity contribution in [2.45, 2.75) is 32.1 Å². The number of benzene rings is 2. The predicted octanol–water partition coefficient (Wildman–Crippen LogP) is 2.12. The van der Waals surface area contributed by atoms with E-state index in [1.165, 1.54) is 28.6 Å². The fourth-order valence-corrected chi connectivity index (χ4v) is 4.15. The number of nitrogens with one attached hydrogen (secondary N) is 2. The number of hydrazine groups is 1. The fourth-order valence-electron chi connectivity index (χ4n) is 2.70. The van der Waals surface area contributed by atoms with E-state index in [0.29, 0.717) is 18.8 Å². The molecule has 2 N–H and O–H groups in total. The topological polar surface area (TPSA) is 105 Å². The Hall–Kier alpha value is -2.91. The van der Waals surface area contributed by atoms with Crippen LogP contribution in [0.4, 0.5) is 0 Å². The molecule has 2 amide bonds. The Morgan fingerprint density at radius 1 is 0.900 bits per heavy atom. The number of carbonyl (C=O) groups excluding carboxylic acids is 2. The lowest BCUT2D eigenvalue weighted by molar-refractivity contribution is -0.123. The molecule has 30 heavy (non-hydrogen) atoms. The van der Waals surface area contributed by atoms with Gasteiger partial charge in [0.1, 0.15) is 5.75 Å². The van der Waals surface area contributed by atoms with Gasteiger partial charge in [-0.2, -0.15) is 4.31 Å². The normalized spacial score (nSPS) is 11.2. The van der Waals surface area contributed by atoms with E-state index in [1.54, 1.807) is 26.0 Å². The molecule has 0 radical (unpaired) electrons. The SMILES string of the molecule is CCc1ccc(OCC(=O)NNC(=O)c2ccc(S(=O)(=O)N(CC)CC)cc2)cc1. The van der Waals surface area contributed by atoms with Crippen LogP contribution < -0.4 is 15.6 Å². The Labute approximate surface area is 177 Å². The van der Waals surface area contributed by atoms with Gasteiger partial charge >= 0.3 is 0 Å². The first-order valence-corrected chi connectivity index (χ1v) is 11.2. The highest BCUT2D eigenvalue weighted by atomic mass is 32.2. The standard InChI is InChI=1S/C21H27N3O5S/c1-4-16-7-11-18(12-8-16)29-15-20(25)22-23-21(26)17-9-13-19(14-10-17)30(27,28)24(5-2)6-3/h7-14H,4-6,15H2,1-3H3,(H,22,25)(H,23,26). The van der Waals surface area contributed by atoms with Gasteiger partial charge in [0, 0.05) is 18.7 Å². The second-order valence-corrected chi connectivity index (χ2v) is 8.34. The largest absolute Gasteiger partial charge is 0.484 e. The third-order valence-corrected chi connectivity index (χ3v) is 6.54. The summed E-state index contributed by atoms with van der Waals surface area (Å²) in [7, 11) is -3.59. The third kappa shape index (κ3) is 6.04. The maximum atomic E-state index is 12.5. The molecule has 0 aliphatic heterocycles. The molecule has 2 rings (SSSR count). The van der Waals surface area contributed by atoms with Crippen molar-refractivity contribution in [2.24, 2.45) is 0 Å². The number of hydrogen-bond acceptors (Lipinski definition) is 5. The van der Waals surface area contributed by atoms with Crippen LogP contribution >= 0.6 is 0 Å². The van der Waals surface area contributed by atoms with Crippen LogP contribution in [-0.4, -0.2) is 44.2 Å². The Morgan fingerprint density at radius 2 is 1.50 bits per heavy atom. The first kappa shape index (κ1) is 23.4. The molecule has 9 heteroatoms. The zero-order valence-corrected chi connectivity index (χ0v) is 18.2. The molecule has 2 aromatic carbocycles. The smallest absolute Gasteiger partial charge is 0.276 e. The van der Waals surface area contributed by atoms with E-state index in [4.69, 9.17) is 4.74 Å². The van der Waals surface area contributed by atoms with Crippen LogP contribution in [0.2, 0.25) is 0 Å². The molecule has 0 unspecified atom stereocenters. The molecule has 162 valence electrons. The van der Waals surface area contributed by atoms with Gasteiger partial charge in [-0.3, -0.25) is 20.4 Å². The zero-order valence-electron chi connectivity index (χ0n) is 17.3. The monoisotopic (exact) mass is 433 g/mol. The van der Waals surface area contributed by atoms with Crippen LogP contribution in [0.25, 0.3) is 0 Å². The Kier molecular flexibility index (Phi) is 8.37. The summed E-state index contributed by atoms with van der Waals surface area (Å²) in [5.74, 6) is -0.537. The molecule has 8 nitrogen and oxygen atoms in total. The molecule has 0 saturated carbocycles. The number of sulfonamides is 1. The minimum Gasteiger partial charge on any atom is -0.484 e. The number of amides is 2. The molecule has 0 aromatic heterocycles. The highest BCUT2D eigenvalue weighted by Gasteiger charge is 2.21. The van der Waals surface area contributed by atoms with E-state index in [9.17, 15) is 18.0 Å². The lowest BCUT2D eigenvalue weighted by Gasteiger charge is -2.18. The number of rotatable bonds is 9. The van der Waals surface area contributed by atoms with E-state index in [1.807, 2.05) is 19.1 Å². The van der Waals surface area contributed by atoms with E-state index in [-0.39, 0.29) is 17.1 Å². The van der Waals surface area contributed by atoms with Crippen molar-refractivity contribution in [1.29, 1.82) is 0 Å². The second kappa shape index (κ2) is 10.7. The summed E-state index contributed by atoms with van der Waals surface area (Å²) >= 11 is 0. The molecule has 0 heterocycles. The van der Waals surface area contributed by atoms with Crippen LogP contribution in [0.1, 0.15) is 36.7 Å². The molecule has 0 saturated heterocycles. The summed E-state index contributed by atoms with van der Waals surface area (Å²) in [6.45, 7) is 6.02. The molecular formula is C21H27N3O5S. The van der Waals surface area contributed by atoms with Crippen molar-refractivity contribution in [3.63, 3.8) is 0 Å². The van der Waals surface area contributed by atoms with E-state index in [0.717, 1.165) is 12.0 Å². The average Bonchev–Trinajstić information content (AvgIpc) is 2.77. The summed E-state index contributed by atoms with van der Waals surface area (Å²) < 4.78 is 31.6. The van der Waals surface area contributed by atoms with Crippen molar-refractivity contribution in [2.75, 3.05) is 19.7 Å². The van der Waals surface area contributed by atoms with Crippen molar-refractivity contribution in [3.05, 3.63) is 59.7 Å². The Bertz CT molecular complexity index is 953. The summed E-state index contributed by atoms with van der Waals surface area (Å²) in [5.41, 5.74) is 5.92. The molecule has 0 fully saturated rings. The van der Waals surface area contributed by atoms with Gasteiger partial charge in [0.2, 0.25) is 10.0 Å². The van der Waals surface area contributed by atoms with Crippen LogP contribution in [0.5, 0.6) is 5.75 Å². The molecule has 0 bridgehead atoms. The van der Waals surface area contributed by atoms with Crippen LogP contribution in [0.15, 0.2) is 53.4 Å². The van der Waals surface area contributed by atoms with Gasteiger partial charge in [0.25, 0.3) is 11.8 Å². The zero-order chi connectivity index (χ0) is 22.1. The molecular weight excluding hydrogens is 406 g/mol. The molecule has 0 aliphatic rings. The Balaban J connectivity index is 1.87. The van der Waals surface area contributed by atoms with E-state index >= 15 is 0 Å². The lowest BCUT2D eigenvalue weighted by Crippen LogP contribution is -2.43.